The number of aromatic nitrogens is 4. The van der Waals surface area contributed by atoms with E-state index in [4.69, 9.17) is 20.7 Å². The fourth-order valence-corrected chi connectivity index (χ4v) is 7.21. The van der Waals surface area contributed by atoms with E-state index in [1.807, 2.05) is 66.9 Å². The third-order valence-corrected chi connectivity index (χ3v) is 9.98. The maximum Gasteiger partial charge on any atom is 0.160 e. The van der Waals surface area contributed by atoms with Gasteiger partial charge in [0, 0.05) is 39.7 Å². The third-order valence-electron chi connectivity index (χ3n) is 9.98. The van der Waals surface area contributed by atoms with Crippen LogP contribution >= 0.6 is 0 Å². The summed E-state index contributed by atoms with van der Waals surface area (Å²) in [6.07, 6.45) is 10.9. The second kappa shape index (κ2) is 14.1. The fourth-order valence-electron chi connectivity index (χ4n) is 7.21. The van der Waals surface area contributed by atoms with Gasteiger partial charge in [0.05, 0.1) is 22.8 Å². The zero-order valence-corrected chi connectivity index (χ0v) is 29.7. The number of benzene rings is 5. The molecule has 0 amide bonds. The van der Waals surface area contributed by atoms with Gasteiger partial charge >= 0.3 is 0 Å². The summed E-state index contributed by atoms with van der Waals surface area (Å²) < 4.78 is 2.09. The van der Waals surface area contributed by atoms with Crippen LogP contribution in [0.3, 0.4) is 0 Å². The number of allylic oxidation sites excluding steroid dienone is 4. The summed E-state index contributed by atoms with van der Waals surface area (Å²) in [4.78, 5) is 15.3. The smallest absolute Gasteiger partial charge is 0.160 e. The van der Waals surface area contributed by atoms with Gasteiger partial charge in [-0.25, -0.2) is 15.0 Å². The van der Waals surface area contributed by atoms with E-state index in [1.54, 1.807) is 0 Å². The lowest BCUT2D eigenvalue weighted by Gasteiger charge is -2.13. The van der Waals surface area contributed by atoms with Gasteiger partial charge < -0.3 is 5.73 Å². The minimum Gasteiger partial charge on any atom is -0.398 e. The number of imidazole rings is 1. The molecule has 2 N–H and O–H groups in total. The average Bonchev–Trinajstić information content (AvgIpc) is 3.63. The SMILES string of the molecule is C=C(c1cccc(-c2cccc(-c3nc(-c4ccccc4)cc(-c4cccc(C5=CCCC=C5)c4)n3)c2)c1)c1c(-c2ccccc2N)nc2ccccn12. The Morgan fingerprint density at radius 1 is 0.574 bits per heavy atom. The van der Waals surface area contributed by atoms with Crippen LogP contribution in [0.15, 0.2) is 183 Å². The molecule has 0 atom stereocenters. The van der Waals surface area contributed by atoms with E-state index in [0.29, 0.717) is 11.5 Å². The zero-order chi connectivity index (χ0) is 36.4. The molecular weight excluding hydrogens is 659 g/mol. The first-order valence-electron chi connectivity index (χ1n) is 18.2. The van der Waals surface area contributed by atoms with Crippen molar-refractivity contribution in [3.05, 3.63) is 199 Å². The highest BCUT2D eigenvalue weighted by Crippen LogP contribution is 2.37. The molecule has 0 unspecified atom stereocenters. The van der Waals surface area contributed by atoms with Crippen molar-refractivity contribution >= 4 is 22.5 Å². The van der Waals surface area contributed by atoms with Crippen LogP contribution in [0, 0.1) is 0 Å². The van der Waals surface area contributed by atoms with E-state index < -0.39 is 0 Å². The van der Waals surface area contributed by atoms with Gasteiger partial charge in [0.2, 0.25) is 0 Å². The number of anilines is 1. The zero-order valence-electron chi connectivity index (χ0n) is 29.7. The van der Waals surface area contributed by atoms with Gasteiger partial charge in [-0.05, 0) is 83.1 Å². The molecule has 3 heterocycles. The molecule has 0 spiro atoms. The highest BCUT2D eigenvalue weighted by Gasteiger charge is 2.20. The lowest BCUT2D eigenvalue weighted by atomic mass is 9.95. The summed E-state index contributed by atoms with van der Waals surface area (Å²) >= 11 is 0. The molecule has 5 nitrogen and oxygen atoms in total. The number of rotatable bonds is 8. The Balaban J connectivity index is 1.11. The third kappa shape index (κ3) is 6.33. The fraction of sp³-hybridized carbons (Fsp3) is 0.0408. The Kier molecular flexibility index (Phi) is 8.58. The van der Waals surface area contributed by atoms with Gasteiger partial charge in [0.25, 0.3) is 0 Å². The van der Waals surface area contributed by atoms with E-state index in [9.17, 15) is 0 Å². The number of hydrogen-bond acceptors (Lipinski definition) is 4. The van der Waals surface area contributed by atoms with E-state index in [0.717, 1.165) is 85.8 Å². The quantitative estimate of drug-likeness (QED) is 0.161. The number of fused-ring (bicyclic) bond motifs is 1. The van der Waals surface area contributed by atoms with Crippen molar-refractivity contribution in [1.82, 2.24) is 19.4 Å². The average molecular weight is 696 g/mol. The van der Waals surface area contributed by atoms with Gasteiger partial charge in [0.15, 0.2) is 5.82 Å². The van der Waals surface area contributed by atoms with Crippen molar-refractivity contribution in [1.29, 1.82) is 0 Å². The summed E-state index contributed by atoms with van der Waals surface area (Å²) in [5, 5.41) is 0. The van der Waals surface area contributed by atoms with Crippen molar-refractivity contribution in [3.8, 4) is 56.3 Å². The topological polar surface area (TPSA) is 69.1 Å². The second-order valence-corrected chi connectivity index (χ2v) is 13.5. The van der Waals surface area contributed by atoms with Crippen LogP contribution in [0.4, 0.5) is 5.69 Å². The number of nitrogens with zero attached hydrogens (tertiary/aromatic N) is 4. The molecule has 0 fully saturated rings. The van der Waals surface area contributed by atoms with Gasteiger partial charge in [-0.2, -0.15) is 0 Å². The highest BCUT2D eigenvalue weighted by molar-refractivity contribution is 5.90. The molecular formula is C49H37N5. The number of hydrogen-bond donors (Lipinski definition) is 1. The molecule has 54 heavy (non-hydrogen) atoms. The van der Waals surface area contributed by atoms with E-state index >= 15 is 0 Å². The molecule has 9 rings (SSSR count). The first kappa shape index (κ1) is 32.8. The first-order chi connectivity index (χ1) is 26.6. The second-order valence-electron chi connectivity index (χ2n) is 13.5. The van der Waals surface area contributed by atoms with Gasteiger partial charge in [0.1, 0.15) is 5.65 Å². The van der Waals surface area contributed by atoms with Crippen LogP contribution in [0.2, 0.25) is 0 Å². The van der Waals surface area contributed by atoms with Crippen molar-refractivity contribution in [3.63, 3.8) is 0 Å². The number of nitrogen functional groups attached to an aromatic ring is 1. The summed E-state index contributed by atoms with van der Waals surface area (Å²) in [6, 6.07) is 51.9. The summed E-state index contributed by atoms with van der Waals surface area (Å²) in [6.45, 7) is 4.62. The Hall–Kier alpha value is -7.11. The number of pyridine rings is 1. The molecule has 1 aliphatic carbocycles. The molecule has 258 valence electrons. The standard InChI is InChI=1S/C49H37N5/c1-33(48-47(42-25-8-9-26-43(42)50)53-46-27-10-11-28-54(46)48)36-19-12-21-38(29-36)39-22-14-24-41(31-39)49-51-44(35-17-6-3-7-18-35)32-45(52-49)40-23-13-20-37(30-40)34-15-4-2-5-16-34/h3-4,6-32H,1-2,5,50H2. The maximum absolute atomic E-state index is 6.47. The first-order valence-corrected chi connectivity index (χ1v) is 18.2. The maximum atomic E-state index is 6.47. The molecule has 1 aliphatic rings. The van der Waals surface area contributed by atoms with Crippen LogP contribution in [0.1, 0.15) is 29.7 Å². The Morgan fingerprint density at radius 3 is 2.06 bits per heavy atom. The molecule has 0 saturated carbocycles. The summed E-state index contributed by atoms with van der Waals surface area (Å²) in [7, 11) is 0. The van der Waals surface area contributed by atoms with Crippen LogP contribution in [-0.2, 0) is 0 Å². The lowest BCUT2D eigenvalue weighted by Crippen LogP contribution is -1.98. The minimum absolute atomic E-state index is 0.673. The Bertz CT molecular complexity index is 2750. The van der Waals surface area contributed by atoms with Crippen LogP contribution in [-0.4, -0.2) is 19.4 Å². The highest BCUT2D eigenvalue weighted by atomic mass is 15.0. The van der Waals surface area contributed by atoms with E-state index in [1.165, 1.54) is 11.1 Å². The Morgan fingerprint density at radius 2 is 1.24 bits per heavy atom. The van der Waals surface area contributed by atoms with Crippen molar-refractivity contribution < 1.29 is 0 Å². The molecule has 3 aromatic heterocycles. The van der Waals surface area contributed by atoms with Crippen LogP contribution < -0.4 is 5.73 Å². The number of para-hydroxylation sites is 1. The molecule has 0 saturated heterocycles. The monoisotopic (exact) mass is 695 g/mol. The predicted octanol–water partition coefficient (Wildman–Crippen LogP) is 11.8. The predicted molar refractivity (Wildman–Crippen MR) is 223 cm³/mol. The lowest BCUT2D eigenvalue weighted by molar-refractivity contribution is 1.04. The van der Waals surface area contributed by atoms with Crippen molar-refractivity contribution in [2.24, 2.45) is 0 Å². The van der Waals surface area contributed by atoms with E-state index in [-0.39, 0.29) is 0 Å². The van der Waals surface area contributed by atoms with Gasteiger partial charge in [-0.3, -0.25) is 4.40 Å². The summed E-state index contributed by atoms with van der Waals surface area (Å²) in [5.41, 5.74) is 21.8. The van der Waals surface area contributed by atoms with E-state index in [2.05, 4.69) is 120 Å². The molecule has 8 aromatic rings. The molecule has 0 bridgehead atoms. The molecule has 0 radical (unpaired) electrons. The number of nitrogens with two attached hydrogens (primary N) is 1. The van der Waals surface area contributed by atoms with Gasteiger partial charge in [-0.15, -0.1) is 0 Å². The molecule has 0 aliphatic heterocycles. The summed E-state index contributed by atoms with van der Waals surface area (Å²) in [5.74, 6) is 0.673. The largest absolute Gasteiger partial charge is 0.398 e. The van der Waals surface area contributed by atoms with Crippen molar-refractivity contribution in [2.75, 3.05) is 5.73 Å². The normalized spacial score (nSPS) is 12.5. The van der Waals surface area contributed by atoms with Crippen LogP contribution in [0.25, 0.3) is 73.1 Å². The van der Waals surface area contributed by atoms with Crippen LogP contribution in [0.5, 0.6) is 0 Å². The van der Waals surface area contributed by atoms with Gasteiger partial charge in [-0.1, -0.05) is 134 Å². The Labute approximate surface area is 315 Å². The van der Waals surface area contributed by atoms with Crippen molar-refractivity contribution in [2.45, 2.75) is 12.8 Å². The minimum atomic E-state index is 0.673. The molecule has 5 aromatic carbocycles. The molecule has 5 heteroatoms.